The molecule has 35 heavy (non-hydrogen) atoms. The lowest BCUT2D eigenvalue weighted by Gasteiger charge is -2.19. The minimum absolute atomic E-state index is 0.0608. The smallest absolute Gasteiger partial charge is 0.407 e. The second-order valence-corrected chi connectivity index (χ2v) is 8.59. The fourth-order valence-electron chi connectivity index (χ4n) is 4.45. The molecule has 4 N–H and O–H groups in total. The first-order valence-electron chi connectivity index (χ1n) is 11.5. The first kappa shape index (κ1) is 24.0. The Morgan fingerprint density at radius 2 is 1.69 bits per heavy atom. The summed E-state index contributed by atoms with van der Waals surface area (Å²) in [4.78, 5) is 36.5. The zero-order valence-corrected chi connectivity index (χ0v) is 19.6. The summed E-state index contributed by atoms with van der Waals surface area (Å²) in [6.07, 6.45) is -1.10. The van der Waals surface area contributed by atoms with E-state index in [4.69, 9.17) is 9.84 Å². The van der Waals surface area contributed by atoms with Crippen LogP contribution in [0.1, 0.15) is 46.8 Å². The molecule has 0 saturated heterocycles. The lowest BCUT2D eigenvalue weighted by molar-refractivity contribution is -0.137. The Morgan fingerprint density at radius 1 is 1.06 bits per heavy atom. The molecule has 1 aliphatic rings. The van der Waals surface area contributed by atoms with Crippen molar-refractivity contribution >= 4 is 18.0 Å². The largest absolute Gasteiger partial charge is 0.481 e. The van der Waals surface area contributed by atoms with Crippen molar-refractivity contribution in [1.29, 1.82) is 0 Å². The van der Waals surface area contributed by atoms with Gasteiger partial charge in [0, 0.05) is 30.1 Å². The number of aromatic amines is 1. The van der Waals surface area contributed by atoms with Gasteiger partial charge in [-0.1, -0.05) is 48.5 Å². The number of carbonyl (C=O) groups excluding carboxylic acids is 2. The molecule has 0 radical (unpaired) electrons. The summed E-state index contributed by atoms with van der Waals surface area (Å²) in [5.74, 6) is -1.66. The Balaban J connectivity index is 1.40. The predicted molar refractivity (Wildman–Crippen MR) is 129 cm³/mol. The molecule has 9 nitrogen and oxygen atoms in total. The van der Waals surface area contributed by atoms with Gasteiger partial charge in [-0.15, -0.1) is 0 Å². The Kier molecular flexibility index (Phi) is 7.14. The van der Waals surface area contributed by atoms with Crippen LogP contribution in [0.25, 0.3) is 11.1 Å². The number of aromatic nitrogens is 2. The molecule has 3 aromatic rings. The fourth-order valence-corrected chi connectivity index (χ4v) is 4.45. The molecule has 9 heteroatoms. The molecule has 182 valence electrons. The molecule has 1 aliphatic carbocycles. The summed E-state index contributed by atoms with van der Waals surface area (Å²) in [5, 5.41) is 21.3. The third-order valence-corrected chi connectivity index (χ3v) is 6.32. The SMILES string of the molecule is Cc1n[nH]c(C)c1CNC(=O)C(CCC(=O)O)NC(=O)OCC1c2ccccc2-c2ccccc21. The number of aliphatic carboxylic acids is 1. The average Bonchev–Trinajstić information content (AvgIpc) is 3.34. The van der Waals surface area contributed by atoms with E-state index in [0.717, 1.165) is 39.2 Å². The molecule has 1 unspecified atom stereocenters. The van der Waals surface area contributed by atoms with E-state index in [-0.39, 0.29) is 31.9 Å². The van der Waals surface area contributed by atoms with Gasteiger partial charge in [-0.2, -0.15) is 5.10 Å². The molecule has 2 amide bonds. The van der Waals surface area contributed by atoms with Crippen LogP contribution in [0, 0.1) is 13.8 Å². The number of aryl methyl sites for hydroxylation is 2. The van der Waals surface area contributed by atoms with Crippen molar-refractivity contribution in [2.45, 2.75) is 45.2 Å². The van der Waals surface area contributed by atoms with Crippen molar-refractivity contribution in [3.63, 3.8) is 0 Å². The number of rotatable bonds is 9. The van der Waals surface area contributed by atoms with Gasteiger partial charge in [-0.25, -0.2) is 4.79 Å². The second kappa shape index (κ2) is 10.4. The number of hydrogen-bond acceptors (Lipinski definition) is 5. The van der Waals surface area contributed by atoms with E-state index in [0.29, 0.717) is 0 Å². The van der Waals surface area contributed by atoms with Crippen LogP contribution >= 0.6 is 0 Å². The predicted octanol–water partition coefficient (Wildman–Crippen LogP) is 3.41. The highest BCUT2D eigenvalue weighted by Crippen LogP contribution is 2.44. The van der Waals surface area contributed by atoms with Gasteiger partial charge in [0.05, 0.1) is 5.69 Å². The molecule has 1 heterocycles. The molecule has 0 bridgehead atoms. The zero-order chi connectivity index (χ0) is 24.9. The van der Waals surface area contributed by atoms with Gasteiger partial charge < -0.3 is 20.5 Å². The van der Waals surface area contributed by atoms with Crippen LogP contribution in [0.3, 0.4) is 0 Å². The van der Waals surface area contributed by atoms with Gasteiger partial charge in [0.2, 0.25) is 5.91 Å². The maximum Gasteiger partial charge on any atom is 0.407 e. The standard InChI is InChI=1S/C26H28N4O5/c1-15-21(16(2)30-29-15)13-27-25(33)23(11-12-24(31)32)28-26(34)35-14-22-19-9-5-3-7-17(19)18-8-4-6-10-20(18)22/h3-10,22-23H,11-14H2,1-2H3,(H,27,33)(H,28,34)(H,29,30)(H,31,32). The summed E-state index contributed by atoms with van der Waals surface area (Å²) in [7, 11) is 0. The van der Waals surface area contributed by atoms with Crippen molar-refractivity contribution in [2.75, 3.05) is 6.61 Å². The molecule has 2 aromatic carbocycles. The summed E-state index contributed by atoms with van der Waals surface area (Å²) in [6, 6.07) is 14.9. The maximum atomic E-state index is 12.8. The molecule has 1 aromatic heterocycles. The Labute approximate surface area is 202 Å². The summed E-state index contributed by atoms with van der Waals surface area (Å²) < 4.78 is 5.52. The maximum absolute atomic E-state index is 12.8. The van der Waals surface area contributed by atoms with E-state index in [2.05, 4.69) is 20.8 Å². The number of hydrogen-bond donors (Lipinski definition) is 4. The van der Waals surface area contributed by atoms with E-state index in [1.54, 1.807) is 0 Å². The third-order valence-electron chi connectivity index (χ3n) is 6.32. The van der Waals surface area contributed by atoms with E-state index >= 15 is 0 Å². The molecule has 0 aliphatic heterocycles. The topological polar surface area (TPSA) is 133 Å². The molecule has 4 rings (SSSR count). The molecular formula is C26H28N4O5. The number of benzene rings is 2. The van der Waals surface area contributed by atoms with E-state index in [9.17, 15) is 14.4 Å². The number of carbonyl (C=O) groups is 3. The summed E-state index contributed by atoms with van der Waals surface area (Å²) >= 11 is 0. The van der Waals surface area contributed by atoms with Crippen LogP contribution in [-0.2, 0) is 20.9 Å². The van der Waals surface area contributed by atoms with Crippen LogP contribution in [0.15, 0.2) is 48.5 Å². The van der Waals surface area contributed by atoms with Gasteiger partial charge in [-0.05, 0) is 42.5 Å². The van der Waals surface area contributed by atoms with Crippen molar-refractivity contribution < 1.29 is 24.2 Å². The minimum atomic E-state index is -1.06. The molecule has 1 atom stereocenters. The lowest BCUT2D eigenvalue weighted by Crippen LogP contribution is -2.47. The second-order valence-electron chi connectivity index (χ2n) is 8.59. The van der Waals surface area contributed by atoms with Crippen LogP contribution < -0.4 is 10.6 Å². The Bertz CT molecular complexity index is 1190. The normalized spacial score (nSPS) is 13.0. The van der Waals surface area contributed by atoms with Crippen LogP contribution in [0.5, 0.6) is 0 Å². The Morgan fingerprint density at radius 3 is 2.26 bits per heavy atom. The van der Waals surface area contributed by atoms with Crippen LogP contribution in [0.4, 0.5) is 4.79 Å². The number of ether oxygens (including phenoxy) is 1. The highest BCUT2D eigenvalue weighted by atomic mass is 16.5. The summed E-state index contributed by atoms with van der Waals surface area (Å²) in [6.45, 7) is 3.98. The van der Waals surface area contributed by atoms with Gasteiger partial charge in [0.15, 0.2) is 0 Å². The highest BCUT2D eigenvalue weighted by Gasteiger charge is 2.30. The number of H-pyrrole nitrogens is 1. The number of carboxylic acid groups (broad SMARTS) is 1. The number of carboxylic acids is 1. The number of amides is 2. The van der Waals surface area contributed by atoms with Gasteiger partial charge in [-0.3, -0.25) is 14.7 Å². The number of alkyl carbamates (subject to hydrolysis) is 1. The van der Waals surface area contributed by atoms with Crippen molar-refractivity contribution in [3.8, 4) is 11.1 Å². The summed E-state index contributed by atoms with van der Waals surface area (Å²) in [5.41, 5.74) is 6.81. The van der Waals surface area contributed by atoms with Gasteiger partial charge in [0.1, 0.15) is 12.6 Å². The molecular weight excluding hydrogens is 448 g/mol. The van der Waals surface area contributed by atoms with Crippen LogP contribution in [-0.4, -0.2) is 45.9 Å². The van der Waals surface area contributed by atoms with Crippen molar-refractivity contribution in [2.24, 2.45) is 0 Å². The number of nitrogens with one attached hydrogen (secondary N) is 3. The average molecular weight is 477 g/mol. The zero-order valence-electron chi connectivity index (χ0n) is 19.6. The lowest BCUT2D eigenvalue weighted by atomic mass is 9.98. The monoisotopic (exact) mass is 476 g/mol. The van der Waals surface area contributed by atoms with Gasteiger partial charge >= 0.3 is 12.1 Å². The highest BCUT2D eigenvalue weighted by molar-refractivity contribution is 5.86. The van der Waals surface area contributed by atoms with Gasteiger partial charge in [0.25, 0.3) is 0 Å². The van der Waals surface area contributed by atoms with Crippen molar-refractivity contribution in [3.05, 3.63) is 76.6 Å². The van der Waals surface area contributed by atoms with E-state index < -0.39 is 24.0 Å². The van der Waals surface area contributed by atoms with Crippen LogP contribution in [0.2, 0.25) is 0 Å². The molecule has 0 spiro atoms. The quantitative estimate of drug-likeness (QED) is 0.374. The van der Waals surface area contributed by atoms with Crippen molar-refractivity contribution in [1.82, 2.24) is 20.8 Å². The minimum Gasteiger partial charge on any atom is -0.481 e. The number of nitrogens with zero attached hydrogens (tertiary/aromatic N) is 1. The van der Waals surface area contributed by atoms with E-state index in [1.165, 1.54) is 0 Å². The first-order chi connectivity index (χ1) is 16.8. The first-order valence-corrected chi connectivity index (χ1v) is 11.5. The third kappa shape index (κ3) is 5.34. The number of fused-ring (bicyclic) bond motifs is 3. The molecule has 0 saturated carbocycles. The molecule has 0 fully saturated rings. The Hall–Kier alpha value is -4.14. The van der Waals surface area contributed by atoms with E-state index in [1.807, 2.05) is 62.4 Å². The fraction of sp³-hybridized carbons (Fsp3) is 0.308.